The second kappa shape index (κ2) is 10.0. The fourth-order valence-corrected chi connectivity index (χ4v) is 2.31. The number of hydrazine groups is 1. The molecule has 8 nitrogen and oxygen atoms in total. The molecule has 11 heteroatoms. The van der Waals surface area contributed by atoms with Crippen molar-refractivity contribution in [3.63, 3.8) is 0 Å². The molecule has 1 rings (SSSR count). The van der Waals surface area contributed by atoms with E-state index in [9.17, 15) is 28.0 Å². The molecule has 0 fully saturated rings. The smallest absolute Gasteiger partial charge is 0.286 e. The number of amides is 2. The van der Waals surface area contributed by atoms with E-state index in [2.05, 4.69) is 15.4 Å². The third kappa shape index (κ3) is 6.23. The molecule has 0 radical (unpaired) electrons. The summed E-state index contributed by atoms with van der Waals surface area (Å²) in [6.07, 6.45) is -0.904. The second-order valence-corrected chi connectivity index (χ2v) is 5.56. The van der Waals surface area contributed by atoms with Gasteiger partial charge in [0.15, 0.2) is 0 Å². The summed E-state index contributed by atoms with van der Waals surface area (Å²) in [5.41, 5.74) is 1.28. The lowest BCUT2D eigenvalue weighted by Crippen LogP contribution is -2.48. The van der Waals surface area contributed by atoms with Gasteiger partial charge in [0.2, 0.25) is 18.3 Å². The largest absolute Gasteiger partial charge is 0.433 e. The number of hydrogen-bond acceptors (Lipinski definition) is 6. The van der Waals surface area contributed by atoms with E-state index < -0.39 is 29.6 Å². The number of carbonyl (C=O) groups is 2. The Hall–Kier alpha value is -2.27. The molecule has 0 bridgehead atoms. The highest BCUT2D eigenvalue weighted by atomic mass is 19.4. The van der Waals surface area contributed by atoms with Gasteiger partial charge in [-0.05, 0) is 12.5 Å². The lowest BCUT2D eigenvalue weighted by Gasteiger charge is -2.26. The Morgan fingerprint density at radius 3 is 2.65 bits per heavy atom. The monoisotopic (exact) mass is 377 g/mol. The van der Waals surface area contributed by atoms with Crippen LogP contribution in [0.2, 0.25) is 0 Å². The molecule has 26 heavy (non-hydrogen) atoms. The van der Waals surface area contributed by atoms with E-state index in [-0.39, 0.29) is 13.0 Å². The van der Waals surface area contributed by atoms with Crippen molar-refractivity contribution in [1.29, 1.82) is 0 Å². The number of hydrogen-bond donors (Lipinski definition) is 2. The SMILES string of the molecule is CCCCC[C@@H](CN(O)C=O)C(=O)N(NC)c1nccc(C(F)(F)F)n1. The van der Waals surface area contributed by atoms with E-state index in [0.29, 0.717) is 24.0 Å². The van der Waals surface area contributed by atoms with Crippen LogP contribution in [-0.4, -0.2) is 46.1 Å². The van der Waals surface area contributed by atoms with Gasteiger partial charge < -0.3 is 0 Å². The van der Waals surface area contributed by atoms with Gasteiger partial charge in [0.05, 0.1) is 12.5 Å². The fraction of sp³-hybridized carbons (Fsp3) is 0.600. The Labute approximate surface area is 148 Å². The maximum Gasteiger partial charge on any atom is 0.433 e. The predicted octanol–water partition coefficient (Wildman–Crippen LogP) is 2.01. The van der Waals surface area contributed by atoms with Crippen LogP contribution >= 0.6 is 0 Å². The Balaban J connectivity index is 3.06. The maximum atomic E-state index is 12.8. The Bertz CT molecular complexity index is 600. The van der Waals surface area contributed by atoms with Crippen LogP contribution in [0, 0.1) is 5.92 Å². The molecular formula is C15H22F3N5O3. The fourth-order valence-electron chi connectivity index (χ4n) is 2.31. The van der Waals surface area contributed by atoms with E-state index in [1.807, 2.05) is 6.92 Å². The molecule has 0 saturated heterocycles. The topological polar surface area (TPSA) is 98.7 Å². The number of carbonyl (C=O) groups excluding carboxylic acids is 2. The average molecular weight is 377 g/mol. The van der Waals surface area contributed by atoms with Crippen molar-refractivity contribution >= 4 is 18.3 Å². The van der Waals surface area contributed by atoms with Crippen molar-refractivity contribution in [3.8, 4) is 0 Å². The van der Waals surface area contributed by atoms with Gasteiger partial charge in [-0.15, -0.1) is 0 Å². The maximum absolute atomic E-state index is 12.8. The molecule has 1 aromatic heterocycles. The van der Waals surface area contributed by atoms with E-state index in [0.717, 1.165) is 24.0 Å². The summed E-state index contributed by atoms with van der Waals surface area (Å²) >= 11 is 0. The Morgan fingerprint density at radius 2 is 2.12 bits per heavy atom. The molecule has 2 N–H and O–H groups in total. The molecular weight excluding hydrogens is 355 g/mol. The lowest BCUT2D eigenvalue weighted by molar-refractivity contribution is -0.154. The first kappa shape index (κ1) is 21.8. The zero-order chi connectivity index (χ0) is 19.7. The van der Waals surface area contributed by atoms with Gasteiger partial charge in [-0.1, -0.05) is 26.2 Å². The van der Waals surface area contributed by atoms with Gasteiger partial charge in [-0.2, -0.15) is 13.2 Å². The van der Waals surface area contributed by atoms with Crippen LogP contribution in [0.25, 0.3) is 0 Å². The average Bonchev–Trinajstić information content (AvgIpc) is 2.61. The standard InChI is InChI=1S/C15H22F3N5O3/c1-3-4-5-6-11(9-22(26)10-24)13(25)23(19-2)14-20-8-7-12(21-14)15(16,17)18/h7-8,10-11,19,26H,3-6,9H2,1-2H3/t11-/m0/s1. The summed E-state index contributed by atoms with van der Waals surface area (Å²) in [4.78, 5) is 30.5. The number of nitrogens with zero attached hydrogens (tertiary/aromatic N) is 4. The first-order chi connectivity index (χ1) is 12.2. The third-order valence-electron chi connectivity index (χ3n) is 3.61. The summed E-state index contributed by atoms with van der Waals surface area (Å²) in [6, 6.07) is 0.697. The van der Waals surface area contributed by atoms with Gasteiger partial charge in [-0.25, -0.2) is 25.5 Å². The zero-order valence-corrected chi connectivity index (χ0v) is 14.5. The number of anilines is 1. The van der Waals surface area contributed by atoms with E-state index in [1.54, 1.807) is 0 Å². The number of alkyl halides is 3. The molecule has 0 saturated carbocycles. The molecule has 0 unspecified atom stereocenters. The van der Waals surface area contributed by atoms with Crippen LogP contribution in [-0.2, 0) is 15.8 Å². The summed E-state index contributed by atoms with van der Waals surface area (Å²) < 4.78 is 38.5. The summed E-state index contributed by atoms with van der Waals surface area (Å²) in [5.74, 6) is -1.95. The number of nitrogens with one attached hydrogen (secondary N) is 1. The van der Waals surface area contributed by atoms with Crippen LogP contribution in [0.5, 0.6) is 0 Å². The first-order valence-corrected chi connectivity index (χ1v) is 8.07. The van der Waals surface area contributed by atoms with Crippen molar-refractivity contribution in [2.75, 3.05) is 18.6 Å². The highest BCUT2D eigenvalue weighted by molar-refractivity contribution is 5.92. The van der Waals surface area contributed by atoms with Crippen LogP contribution in [0.15, 0.2) is 12.3 Å². The predicted molar refractivity (Wildman–Crippen MR) is 85.8 cm³/mol. The molecule has 0 aliphatic rings. The highest BCUT2D eigenvalue weighted by Gasteiger charge is 2.34. The Kier molecular flexibility index (Phi) is 8.39. The van der Waals surface area contributed by atoms with E-state index in [4.69, 9.17) is 0 Å². The molecule has 2 amide bonds. The quantitative estimate of drug-likeness (QED) is 0.280. The molecule has 1 aromatic rings. The zero-order valence-electron chi connectivity index (χ0n) is 14.5. The van der Waals surface area contributed by atoms with Crippen molar-refractivity contribution in [3.05, 3.63) is 18.0 Å². The highest BCUT2D eigenvalue weighted by Crippen LogP contribution is 2.28. The van der Waals surface area contributed by atoms with Gasteiger partial charge in [0.25, 0.3) is 0 Å². The van der Waals surface area contributed by atoms with Crippen LogP contribution in [0.3, 0.4) is 0 Å². The number of aromatic nitrogens is 2. The van der Waals surface area contributed by atoms with Gasteiger partial charge >= 0.3 is 6.18 Å². The molecule has 0 aliphatic heterocycles. The number of unbranched alkanes of at least 4 members (excludes halogenated alkanes) is 2. The minimum atomic E-state index is -4.68. The number of rotatable bonds is 10. The normalized spacial score (nSPS) is 12.5. The van der Waals surface area contributed by atoms with E-state index >= 15 is 0 Å². The van der Waals surface area contributed by atoms with Crippen LogP contribution in [0.4, 0.5) is 19.1 Å². The first-order valence-electron chi connectivity index (χ1n) is 8.07. The summed E-state index contributed by atoms with van der Waals surface area (Å²) in [5, 5.41) is 10.5. The lowest BCUT2D eigenvalue weighted by atomic mass is 10.00. The minimum absolute atomic E-state index is 0.157. The second-order valence-electron chi connectivity index (χ2n) is 5.56. The molecule has 0 spiro atoms. The van der Waals surface area contributed by atoms with Gasteiger partial charge in [-0.3, -0.25) is 14.8 Å². The molecule has 1 atom stereocenters. The number of halogens is 3. The Morgan fingerprint density at radius 1 is 1.42 bits per heavy atom. The summed E-state index contributed by atoms with van der Waals surface area (Å²) in [7, 11) is 1.33. The summed E-state index contributed by atoms with van der Waals surface area (Å²) in [6.45, 7) is 1.68. The van der Waals surface area contributed by atoms with Gasteiger partial charge in [0.1, 0.15) is 5.69 Å². The van der Waals surface area contributed by atoms with Crippen molar-refractivity contribution in [1.82, 2.24) is 20.5 Å². The van der Waals surface area contributed by atoms with Crippen LogP contribution < -0.4 is 10.4 Å². The van der Waals surface area contributed by atoms with Crippen molar-refractivity contribution in [2.45, 2.75) is 38.8 Å². The van der Waals surface area contributed by atoms with Crippen LogP contribution in [0.1, 0.15) is 38.3 Å². The third-order valence-corrected chi connectivity index (χ3v) is 3.61. The van der Waals surface area contributed by atoms with E-state index in [1.165, 1.54) is 7.05 Å². The van der Waals surface area contributed by atoms with Crippen molar-refractivity contribution < 1.29 is 28.0 Å². The van der Waals surface area contributed by atoms with Gasteiger partial charge in [0, 0.05) is 13.2 Å². The molecule has 0 aliphatic carbocycles. The van der Waals surface area contributed by atoms with Crippen molar-refractivity contribution in [2.24, 2.45) is 5.92 Å². The molecule has 1 heterocycles. The molecule has 146 valence electrons. The molecule has 0 aromatic carbocycles. The number of hydroxylamine groups is 2. The minimum Gasteiger partial charge on any atom is -0.286 e.